The fourth-order valence-electron chi connectivity index (χ4n) is 5.97. The maximum Gasteiger partial charge on any atom is 0.228 e. The minimum absolute atomic E-state index is 0.00122. The predicted molar refractivity (Wildman–Crippen MR) is 154 cm³/mol. The number of hydrogen-bond donors (Lipinski definition) is 1. The number of aromatic nitrogens is 2. The lowest BCUT2D eigenvalue weighted by molar-refractivity contribution is -0.131. The van der Waals surface area contributed by atoms with Crippen LogP contribution in [-0.2, 0) is 4.79 Å². The number of rotatable bonds is 6. The van der Waals surface area contributed by atoms with Crippen LogP contribution in [-0.4, -0.2) is 88.2 Å². The van der Waals surface area contributed by atoms with E-state index in [1.165, 1.54) is 12.1 Å². The van der Waals surface area contributed by atoms with Gasteiger partial charge in [-0.3, -0.25) is 9.69 Å². The van der Waals surface area contributed by atoms with Gasteiger partial charge in [-0.25, -0.2) is 13.8 Å². The van der Waals surface area contributed by atoms with Gasteiger partial charge in [0.05, 0.1) is 10.6 Å². The molecule has 3 aromatic rings. The van der Waals surface area contributed by atoms with Gasteiger partial charge in [0.15, 0.2) is 5.82 Å². The number of carbonyl (C=O) groups excluding carboxylic acids is 1. The summed E-state index contributed by atoms with van der Waals surface area (Å²) >= 11 is 6.59. The average molecular weight is 573 g/mol. The molecule has 214 valence electrons. The summed E-state index contributed by atoms with van der Waals surface area (Å²) in [6, 6.07) is 5.48. The van der Waals surface area contributed by atoms with Crippen LogP contribution in [0.1, 0.15) is 34.6 Å². The molecule has 40 heavy (non-hydrogen) atoms. The minimum Gasteiger partial charge on any atom is -0.507 e. The number of phenols is 1. The van der Waals surface area contributed by atoms with E-state index in [1.54, 1.807) is 13.0 Å². The van der Waals surface area contributed by atoms with Gasteiger partial charge in [-0.1, -0.05) is 31.5 Å². The van der Waals surface area contributed by atoms with E-state index in [0.29, 0.717) is 49.4 Å². The second-order valence-corrected chi connectivity index (χ2v) is 11.1. The molecule has 3 heterocycles. The Balaban J connectivity index is 1.67. The number of likely N-dealkylation sites (N-methyl/N-ethyl adjacent to an activating group) is 1. The van der Waals surface area contributed by atoms with Crippen LogP contribution < -0.4 is 9.80 Å². The number of anilines is 2. The summed E-state index contributed by atoms with van der Waals surface area (Å²) < 4.78 is 31.2. The topological polar surface area (TPSA) is 76.0 Å². The summed E-state index contributed by atoms with van der Waals surface area (Å²) in [6.07, 6.45) is 0. The highest BCUT2D eigenvalue weighted by atomic mass is 35.5. The van der Waals surface area contributed by atoms with E-state index in [-0.39, 0.29) is 39.7 Å². The minimum atomic E-state index is -0.823. The van der Waals surface area contributed by atoms with Crippen LogP contribution in [0.25, 0.3) is 22.0 Å². The van der Waals surface area contributed by atoms with E-state index in [2.05, 4.69) is 28.6 Å². The van der Waals surface area contributed by atoms with Crippen LogP contribution in [0, 0.1) is 11.6 Å². The lowest BCUT2D eigenvalue weighted by atomic mass is 10.00. The summed E-state index contributed by atoms with van der Waals surface area (Å²) in [4.78, 5) is 30.0. The molecule has 8 nitrogen and oxygen atoms in total. The van der Waals surface area contributed by atoms with Gasteiger partial charge in [0.1, 0.15) is 22.9 Å². The van der Waals surface area contributed by atoms with Crippen LogP contribution in [0.4, 0.5) is 20.5 Å². The van der Waals surface area contributed by atoms with Crippen molar-refractivity contribution in [1.29, 1.82) is 0 Å². The molecule has 2 aromatic carbocycles. The summed E-state index contributed by atoms with van der Waals surface area (Å²) in [7, 11) is 0. The van der Waals surface area contributed by atoms with Crippen molar-refractivity contribution in [3.05, 3.63) is 40.9 Å². The quantitative estimate of drug-likeness (QED) is 0.450. The largest absolute Gasteiger partial charge is 0.507 e. The second kappa shape index (κ2) is 11.0. The molecular weight excluding hydrogens is 538 g/mol. The Hall–Kier alpha value is -3.24. The summed E-state index contributed by atoms with van der Waals surface area (Å²) in [5.41, 5.74) is -0.550. The Morgan fingerprint density at radius 1 is 1.07 bits per heavy atom. The lowest BCUT2D eigenvalue weighted by Crippen LogP contribution is -2.60. The third kappa shape index (κ3) is 4.81. The highest BCUT2D eigenvalue weighted by Crippen LogP contribution is 2.43. The van der Waals surface area contributed by atoms with Crippen molar-refractivity contribution < 1.29 is 18.7 Å². The van der Waals surface area contributed by atoms with Gasteiger partial charge in [-0.15, -0.1) is 0 Å². The number of fused-ring (bicyclic) bond motifs is 1. The van der Waals surface area contributed by atoms with E-state index in [0.717, 1.165) is 19.2 Å². The summed E-state index contributed by atoms with van der Waals surface area (Å²) in [5.74, 6) is -1.14. The SMILES string of the molecule is CCN(CC)C1CN(c2nc(N3C[C@@H](C)N(C(C)=O)C[C@@H]3C)c3cc(Cl)c(-c4c(O)cccc4F)c(F)c3n2)C1. The van der Waals surface area contributed by atoms with Gasteiger partial charge in [0, 0.05) is 62.2 Å². The van der Waals surface area contributed by atoms with E-state index >= 15 is 4.39 Å². The molecule has 0 spiro atoms. The van der Waals surface area contributed by atoms with E-state index in [9.17, 15) is 14.3 Å². The number of aromatic hydroxyl groups is 1. The molecule has 1 aromatic heterocycles. The predicted octanol–water partition coefficient (Wildman–Crippen LogP) is 4.91. The van der Waals surface area contributed by atoms with Crippen molar-refractivity contribution in [1.82, 2.24) is 19.8 Å². The van der Waals surface area contributed by atoms with Crippen molar-refractivity contribution in [3.8, 4) is 16.9 Å². The number of benzene rings is 2. The molecule has 0 radical (unpaired) electrons. The highest BCUT2D eigenvalue weighted by Gasteiger charge is 2.36. The summed E-state index contributed by atoms with van der Waals surface area (Å²) in [5, 5.41) is 10.8. The van der Waals surface area contributed by atoms with Crippen LogP contribution in [0.5, 0.6) is 5.75 Å². The van der Waals surface area contributed by atoms with E-state index in [1.807, 2.05) is 23.6 Å². The first-order valence-electron chi connectivity index (χ1n) is 13.8. The van der Waals surface area contributed by atoms with Crippen LogP contribution in [0.15, 0.2) is 24.3 Å². The smallest absolute Gasteiger partial charge is 0.228 e. The van der Waals surface area contributed by atoms with Gasteiger partial charge in [-0.05, 0) is 45.1 Å². The molecule has 11 heteroatoms. The van der Waals surface area contributed by atoms with Crippen molar-refractivity contribution >= 4 is 40.2 Å². The van der Waals surface area contributed by atoms with Gasteiger partial charge < -0.3 is 19.8 Å². The molecule has 0 saturated carbocycles. The maximum absolute atomic E-state index is 16.4. The number of nitrogens with zero attached hydrogens (tertiary/aromatic N) is 6. The Labute approximate surface area is 238 Å². The van der Waals surface area contributed by atoms with Gasteiger partial charge in [-0.2, -0.15) is 4.98 Å². The van der Waals surface area contributed by atoms with E-state index < -0.39 is 17.4 Å². The maximum atomic E-state index is 16.4. The Morgan fingerprint density at radius 3 is 2.40 bits per heavy atom. The lowest BCUT2D eigenvalue weighted by Gasteiger charge is -2.46. The summed E-state index contributed by atoms with van der Waals surface area (Å²) in [6.45, 7) is 14.0. The van der Waals surface area contributed by atoms with Crippen LogP contribution >= 0.6 is 11.6 Å². The number of hydrogen-bond acceptors (Lipinski definition) is 7. The van der Waals surface area contributed by atoms with Gasteiger partial charge in [0.25, 0.3) is 0 Å². The van der Waals surface area contributed by atoms with E-state index in [4.69, 9.17) is 16.6 Å². The Bertz CT molecular complexity index is 1430. The zero-order valence-electron chi connectivity index (χ0n) is 23.5. The zero-order chi connectivity index (χ0) is 28.9. The van der Waals surface area contributed by atoms with Crippen LogP contribution in [0.2, 0.25) is 5.02 Å². The molecular formula is C29H35ClF2N6O2. The van der Waals surface area contributed by atoms with Crippen molar-refractivity contribution in [2.24, 2.45) is 0 Å². The monoisotopic (exact) mass is 572 g/mol. The Morgan fingerprint density at radius 2 is 1.77 bits per heavy atom. The number of halogens is 3. The third-order valence-corrected chi connectivity index (χ3v) is 8.53. The second-order valence-electron chi connectivity index (χ2n) is 10.7. The fourth-order valence-corrected chi connectivity index (χ4v) is 6.25. The van der Waals surface area contributed by atoms with Crippen molar-refractivity contribution in [2.75, 3.05) is 49.1 Å². The molecule has 0 bridgehead atoms. The third-order valence-electron chi connectivity index (χ3n) is 8.23. The van der Waals surface area contributed by atoms with Gasteiger partial charge >= 0.3 is 0 Å². The first kappa shape index (κ1) is 28.3. The first-order valence-corrected chi connectivity index (χ1v) is 14.1. The number of piperazine rings is 1. The zero-order valence-corrected chi connectivity index (χ0v) is 24.2. The number of carbonyl (C=O) groups is 1. The number of phenolic OH excluding ortho intramolecular Hbond substituents is 1. The molecule has 2 aliphatic rings. The molecule has 0 unspecified atom stereocenters. The molecule has 2 aliphatic heterocycles. The molecule has 2 atom stereocenters. The molecule has 1 N–H and O–H groups in total. The Kier molecular flexibility index (Phi) is 7.76. The van der Waals surface area contributed by atoms with Crippen molar-refractivity contribution in [3.63, 3.8) is 0 Å². The van der Waals surface area contributed by atoms with Gasteiger partial charge in [0.2, 0.25) is 11.9 Å². The normalized spacial score (nSPS) is 20.0. The standard InChI is InChI=1S/C29H35ClF2N6O2/c1-6-35(7-2)19-14-36(15-19)29-33-27-20(28(34-29)38-13-16(3)37(18(5)39)12-17(38)4)11-21(30)24(26(27)32)25-22(31)9-8-10-23(25)40/h8-11,16-17,19,40H,6-7,12-15H2,1-5H3/t16-,17+/m1/s1. The van der Waals surface area contributed by atoms with Crippen LogP contribution in [0.3, 0.4) is 0 Å². The fraction of sp³-hybridized carbons (Fsp3) is 0.483. The molecule has 2 fully saturated rings. The highest BCUT2D eigenvalue weighted by molar-refractivity contribution is 6.34. The number of amides is 1. The van der Waals surface area contributed by atoms with Crippen molar-refractivity contribution in [2.45, 2.75) is 52.7 Å². The molecule has 0 aliphatic carbocycles. The first-order chi connectivity index (χ1) is 19.0. The average Bonchev–Trinajstić information content (AvgIpc) is 2.88. The molecule has 1 amide bonds. The molecule has 5 rings (SSSR count). The molecule has 2 saturated heterocycles.